The molecule has 4 nitrogen and oxygen atoms in total. The van der Waals surface area contributed by atoms with Crippen molar-refractivity contribution in [1.82, 2.24) is 14.5 Å². The maximum absolute atomic E-state index is 5.10. The third-order valence-corrected chi connectivity index (χ3v) is 7.40. The lowest BCUT2D eigenvalue weighted by Gasteiger charge is -2.32. The molecular formula is C30H20N4S. The number of fused-ring (bicyclic) bond motifs is 3. The second-order valence-electron chi connectivity index (χ2n) is 8.41. The minimum Gasteiger partial charge on any atom is -0.301 e. The predicted octanol–water partition coefficient (Wildman–Crippen LogP) is 8.02. The normalized spacial score (nSPS) is 12.4. The first kappa shape index (κ1) is 20.1. The Morgan fingerprint density at radius 2 is 1.51 bits per heavy atom. The van der Waals surface area contributed by atoms with Crippen LogP contribution in [-0.4, -0.2) is 14.5 Å². The average molecular weight is 469 g/mol. The lowest BCUT2D eigenvalue weighted by molar-refractivity contribution is 1.07. The summed E-state index contributed by atoms with van der Waals surface area (Å²) in [7, 11) is 0. The van der Waals surface area contributed by atoms with Gasteiger partial charge in [-0.25, -0.2) is 9.97 Å². The molecule has 5 heteroatoms. The Bertz CT molecular complexity index is 1690. The third kappa shape index (κ3) is 3.40. The quantitative estimate of drug-likeness (QED) is 0.263. The van der Waals surface area contributed by atoms with Gasteiger partial charge in [-0.05, 0) is 60.7 Å². The molecule has 1 aliphatic rings. The van der Waals surface area contributed by atoms with Gasteiger partial charge in [0.2, 0.25) is 0 Å². The van der Waals surface area contributed by atoms with Crippen molar-refractivity contribution >= 4 is 40.0 Å². The lowest BCUT2D eigenvalue weighted by Crippen LogP contribution is -2.16. The minimum atomic E-state index is 0.896. The summed E-state index contributed by atoms with van der Waals surface area (Å²) in [5.41, 5.74) is 6.33. The van der Waals surface area contributed by atoms with Gasteiger partial charge >= 0.3 is 0 Å². The molecule has 0 atom stereocenters. The van der Waals surface area contributed by atoms with E-state index in [0.717, 1.165) is 45.2 Å². The molecule has 0 amide bonds. The first-order chi connectivity index (χ1) is 17.3. The maximum atomic E-state index is 5.10. The Morgan fingerprint density at radius 1 is 0.657 bits per heavy atom. The van der Waals surface area contributed by atoms with Crippen LogP contribution >= 0.6 is 11.8 Å². The van der Waals surface area contributed by atoms with Crippen molar-refractivity contribution in [2.24, 2.45) is 0 Å². The van der Waals surface area contributed by atoms with Crippen molar-refractivity contribution < 1.29 is 0 Å². The zero-order valence-electron chi connectivity index (χ0n) is 18.7. The van der Waals surface area contributed by atoms with Crippen LogP contribution in [0.25, 0.3) is 28.0 Å². The summed E-state index contributed by atoms with van der Waals surface area (Å²) in [5, 5.41) is 1.12. The molecule has 0 N–H and O–H groups in total. The molecular weight excluding hydrogens is 448 g/mol. The molecule has 3 aromatic carbocycles. The van der Waals surface area contributed by atoms with Gasteiger partial charge in [-0.3, -0.25) is 4.90 Å². The van der Waals surface area contributed by atoms with E-state index >= 15 is 0 Å². The van der Waals surface area contributed by atoms with E-state index in [0.29, 0.717) is 0 Å². The summed E-state index contributed by atoms with van der Waals surface area (Å²) in [6.07, 6.45) is 3.93. The number of anilines is 3. The Kier molecular flexibility index (Phi) is 4.67. The van der Waals surface area contributed by atoms with Crippen LogP contribution in [0, 0.1) is 0 Å². The number of rotatable bonds is 3. The van der Waals surface area contributed by atoms with Gasteiger partial charge in [0.25, 0.3) is 0 Å². The van der Waals surface area contributed by atoms with E-state index in [9.17, 15) is 0 Å². The van der Waals surface area contributed by atoms with Crippen molar-refractivity contribution in [1.29, 1.82) is 0 Å². The number of aromatic nitrogens is 3. The molecule has 4 heterocycles. The fraction of sp³-hybridized carbons (Fsp3) is 0. The zero-order chi connectivity index (χ0) is 23.2. The van der Waals surface area contributed by atoms with E-state index in [1.54, 1.807) is 11.8 Å². The van der Waals surface area contributed by atoms with Crippen LogP contribution in [0.4, 0.5) is 17.2 Å². The largest absolute Gasteiger partial charge is 0.301 e. The van der Waals surface area contributed by atoms with E-state index in [4.69, 9.17) is 4.98 Å². The van der Waals surface area contributed by atoms with Crippen LogP contribution in [0.5, 0.6) is 0 Å². The minimum absolute atomic E-state index is 0.896. The van der Waals surface area contributed by atoms with Crippen LogP contribution in [-0.2, 0) is 0 Å². The maximum Gasteiger partial charge on any atom is 0.144 e. The number of nitrogens with zero attached hydrogens (tertiary/aromatic N) is 4. The third-order valence-electron chi connectivity index (χ3n) is 6.27. The first-order valence-corrected chi connectivity index (χ1v) is 12.3. The topological polar surface area (TPSA) is 34.0 Å². The number of hydrogen-bond acceptors (Lipinski definition) is 4. The Balaban J connectivity index is 1.42. The SMILES string of the molecule is c1ccc(-c2cccc(N3c4ccccc4Sc4ccc(-n5ccc6cccnc65)cc43)n2)cc1. The van der Waals surface area contributed by atoms with Gasteiger partial charge in [-0.15, -0.1) is 0 Å². The molecule has 0 saturated heterocycles. The molecule has 1 aliphatic heterocycles. The van der Waals surface area contributed by atoms with Crippen molar-refractivity contribution in [3.63, 3.8) is 0 Å². The molecule has 7 rings (SSSR count). The molecule has 3 aromatic heterocycles. The highest BCUT2D eigenvalue weighted by Gasteiger charge is 2.26. The molecule has 35 heavy (non-hydrogen) atoms. The van der Waals surface area contributed by atoms with Gasteiger partial charge in [0.05, 0.1) is 17.1 Å². The van der Waals surface area contributed by atoms with Crippen LogP contribution in [0.3, 0.4) is 0 Å². The second kappa shape index (κ2) is 8.15. The van der Waals surface area contributed by atoms with E-state index in [2.05, 4.69) is 106 Å². The van der Waals surface area contributed by atoms with E-state index in [1.165, 1.54) is 9.79 Å². The van der Waals surface area contributed by atoms with Gasteiger partial charge in [-0.1, -0.05) is 60.3 Å². The number of benzene rings is 3. The molecule has 0 saturated carbocycles. The monoisotopic (exact) mass is 468 g/mol. The van der Waals surface area contributed by atoms with Gasteiger partial charge in [0, 0.05) is 38.8 Å². The Hall–Kier alpha value is -4.35. The van der Waals surface area contributed by atoms with Gasteiger partial charge in [-0.2, -0.15) is 0 Å². The molecule has 166 valence electrons. The average Bonchev–Trinajstić information content (AvgIpc) is 3.36. The van der Waals surface area contributed by atoms with Crippen molar-refractivity contribution in [3.05, 3.63) is 122 Å². The Morgan fingerprint density at radius 3 is 2.46 bits per heavy atom. The zero-order valence-corrected chi connectivity index (χ0v) is 19.6. The van der Waals surface area contributed by atoms with Crippen molar-refractivity contribution in [3.8, 4) is 16.9 Å². The number of hydrogen-bond donors (Lipinski definition) is 0. The van der Waals surface area contributed by atoms with Gasteiger partial charge in [0.1, 0.15) is 11.5 Å². The highest BCUT2D eigenvalue weighted by atomic mass is 32.2. The van der Waals surface area contributed by atoms with E-state index in [-0.39, 0.29) is 0 Å². The number of para-hydroxylation sites is 1. The highest BCUT2D eigenvalue weighted by Crippen LogP contribution is 2.51. The molecule has 6 aromatic rings. The van der Waals surface area contributed by atoms with Gasteiger partial charge in [0.15, 0.2) is 0 Å². The number of pyridine rings is 2. The smallest absolute Gasteiger partial charge is 0.144 e. The van der Waals surface area contributed by atoms with Crippen LogP contribution in [0.1, 0.15) is 0 Å². The van der Waals surface area contributed by atoms with E-state index in [1.807, 2.05) is 30.5 Å². The summed E-state index contributed by atoms with van der Waals surface area (Å²) in [5.74, 6) is 0.896. The summed E-state index contributed by atoms with van der Waals surface area (Å²) in [6.45, 7) is 0. The van der Waals surface area contributed by atoms with Crippen LogP contribution in [0.2, 0.25) is 0 Å². The summed E-state index contributed by atoms with van der Waals surface area (Å²) in [4.78, 5) is 14.4. The van der Waals surface area contributed by atoms with E-state index < -0.39 is 0 Å². The van der Waals surface area contributed by atoms with Crippen LogP contribution < -0.4 is 4.90 Å². The fourth-order valence-electron chi connectivity index (χ4n) is 4.63. The molecule has 0 radical (unpaired) electrons. The molecule has 0 fully saturated rings. The molecule has 0 spiro atoms. The van der Waals surface area contributed by atoms with Crippen LogP contribution in [0.15, 0.2) is 131 Å². The lowest BCUT2D eigenvalue weighted by atomic mass is 10.1. The molecule has 0 aliphatic carbocycles. The van der Waals surface area contributed by atoms with Crippen molar-refractivity contribution in [2.75, 3.05) is 4.90 Å². The first-order valence-electron chi connectivity index (χ1n) is 11.5. The predicted molar refractivity (Wildman–Crippen MR) is 143 cm³/mol. The summed E-state index contributed by atoms with van der Waals surface area (Å²) >= 11 is 1.80. The summed E-state index contributed by atoms with van der Waals surface area (Å²) < 4.78 is 2.15. The second-order valence-corrected chi connectivity index (χ2v) is 9.49. The molecule has 0 bridgehead atoms. The fourth-order valence-corrected chi connectivity index (χ4v) is 5.67. The van der Waals surface area contributed by atoms with Crippen molar-refractivity contribution in [2.45, 2.75) is 9.79 Å². The highest BCUT2D eigenvalue weighted by molar-refractivity contribution is 7.99. The molecule has 0 unspecified atom stereocenters. The standard InChI is InChI=1S/C30H20N4S/c1-2-8-21(9-3-1)24-11-6-14-29(32-24)34-25-12-4-5-13-27(25)35-28-16-15-23(20-26(28)34)33-19-17-22-10-7-18-31-30(22)33/h1-20H. The Labute approximate surface area is 207 Å². The van der Waals surface area contributed by atoms with Gasteiger partial charge < -0.3 is 4.57 Å². The summed E-state index contributed by atoms with van der Waals surface area (Å²) in [6, 6.07) is 37.9.